The quantitative estimate of drug-likeness (QED) is 0.821. The monoisotopic (exact) mass is 240 g/mol. The fraction of sp³-hybridized carbons (Fsp3) is 0.538. The summed E-state index contributed by atoms with van der Waals surface area (Å²) in [6, 6.07) is 6.09. The van der Waals surface area contributed by atoms with Gasteiger partial charge in [0, 0.05) is 30.8 Å². The molecule has 0 atom stereocenters. The molecule has 0 radical (unpaired) electrons. The molecule has 0 unspecified atom stereocenters. The van der Waals surface area contributed by atoms with Crippen molar-refractivity contribution in [3.8, 4) is 0 Å². The molecule has 0 saturated heterocycles. The van der Waals surface area contributed by atoms with Crippen molar-refractivity contribution in [1.29, 1.82) is 0 Å². The number of anilines is 1. The first kappa shape index (κ1) is 13.3. The molecular weight excluding hydrogens is 220 g/mol. The van der Waals surface area contributed by atoms with Gasteiger partial charge in [0.05, 0.1) is 0 Å². The second kappa shape index (κ2) is 6.77. The number of halogens is 1. The third kappa shape index (κ3) is 3.69. The van der Waals surface area contributed by atoms with Crippen molar-refractivity contribution in [1.82, 2.24) is 5.32 Å². The molecule has 3 heteroatoms. The van der Waals surface area contributed by atoms with E-state index in [0.717, 1.165) is 18.1 Å². The number of hydrogen-bond donors (Lipinski definition) is 1. The number of unbranched alkanes of at least 4 members (excludes halogenated alkanes) is 1. The lowest BCUT2D eigenvalue weighted by atomic mass is 10.1. The van der Waals surface area contributed by atoms with E-state index in [1.54, 1.807) is 0 Å². The molecule has 0 heterocycles. The second-order valence-corrected chi connectivity index (χ2v) is 4.51. The Kier molecular flexibility index (Phi) is 5.64. The molecule has 1 N–H and O–H groups in total. The molecule has 0 amide bonds. The average molecular weight is 241 g/mol. The topological polar surface area (TPSA) is 15.3 Å². The van der Waals surface area contributed by atoms with Crippen LogP contribution in [0, 0.1) is 0 Å². The lowest BCUT2D eigenvalue weighted by Gasteiger charge is -2.22. The van der Waals surface area contributed by atoms with Crippen LogP contribution < -0.4 is 10.2 Å². The predicted octanol–water partition coefficient (Wildman–Crippen LogP) is 3.30. The SMILES string of the molecule is CCCCN(C)c1cc(Cl)ccc1CNC. The van der Waals surface area contributed by atoms with Gasteiger partial charge in [0.25, 0.3) is 0 Å². The minimum absolute atomic E-state index is 0.804. The van der Waals surface area contributed by atoms with Gasteiger partial charge < -0.3 is 10.2 Å². The van der Waals surface area contributed by atoms with E-state index in [-0.39, 0.29) is 0 Å². The molecule has 2 nitrogen and oxygen atoms in total. The Morgan fingerprint density at radius 2 is 2.12 bits per heavy atom. The van der Waals surface area contributed by atoms with Gasteiger partial charge in [-0.2, -0.15) is 0 Å². The Hall–Kier alpha value is -0.730. The third-order valence-electron chi connectivity index (χ3n) is 2.67. The summed E-state index contributed by atoms with van der Waals surface area (Å²) in [5.74, 6) is 0. The van der Waals surface area contributed by atoms with Crippen molar-refractivity contribution in [2.75, 3.05) is 25.5 Å². The van der Waals surface area contributed by atoms with Crippen LogP contribution in [0.25, 0.3) is 0 Å². The van der Waals surface area contributed by atoms with E-state index in [9.17, 15) is 0 Å². The first-order valence-corrected chi connectivity index (χ1v) is 6.21. The first-order chi connectivity index (χ1) is 7.69. The molecule has 16 heavy (non-hydrogen) atoms. The number of nitrogens with one attached hydrogen (secondary N) is 1. The normalized spacial score (nSPS) is 10.5. The van der Waals surface area contributed by atoms with Gasteiger partial charge in [0.15, 0.2) is 0 Å². The van der Waals surface area contributed by atoms with E-state index in [1.165, 1.54) is 24.1 Å². The van der Waals surface area contributed by atoms with Gasteiger partial charge in [-0.1, -0.05) is 31.0 Å². The summed E-state index contributed by atoms with van der Waals surface area (Å²) in [5, 5.41) is 3.99. The van der Waals surface area contributed by atoms with E-state index in [4.69, 9.17) is 11.6 Å². The zero-order valence-electron chi connectivity index (χ0n) is 10.4. The highest BCUT2D eigenvalue weighted by Crippen LogP contribution is 2.24. The summed E-state index contributed by atoms with van der Waals surface area (Å²) in [5.41, 5.74) is 2.53. The van der Waals surface area contributed by atoms with Gasteiger partial charge in [0.1, 0.15) is 0 Å². The van der Waals surface area contributed by atoms with Crippen molar-refractivity contribution in [2.24, 2.45) is 0 Å². The van der Waals surface area contributed by atoms with Gasteiger partial charge in [-0.15, -0.1) is 0 Å². The van der Waals surface area contributed by atoms with Gasteiger partial charge in [-0.3, -0.25) is 0 Å². The average Bonchev–Trinajstić information content (AvgIpc) is 2.28. The Labute approximate surface area is 104 Å². The largest absolute Gasteiger partial charge is 0.374 e. The standard InChI is InChI=1S/C13H21ClN2/c1-4-5-8-16(3)13-9-12(14)7-6-11(13)10-15-2/h6-7,9,15H,4-5,8,10H2,1-3H3. The number of rotatable bonds is 6. The molecule has 0 saturated carbocycles. The Morgan fingerprint density at radius 3 is 2.75 bits per heavy atom. The minimum atomic E-state index is 0.804. The maximum absolute atomic E-state index is 6.05. The van der Waals surface area contributed by atoms with E-state index in [0.29, 0.717) is 0 Å². The van der Waals surface area contributed by atoms with Crippen molar-refractivity contribution in [3.63, 3.8) is 0 Å². The van der Waals surface area contributed by atoms with Gasteiger partial charge in [0.2, 0.25) is 0 Å². The molecule has 0 aliphatic rings. The molecule has 0 fully saturated rings. The predicted molar refractivity (Wildman–Crippen MR) is 72.4 cm³/mol. The zero-order valence-corrected chi connectivity index (χ0v) is 11.1. The molecule has 0 aromatic heterocycles. The van der Waals surface area contributed by atoms with E-state index >= 15 is 0 Å². The van der Waals surface area contributed by atoms with Crippen LogP contribution in [0.5, 0.6) is 0 Å². The highest BCUT2D eigenvalue weighted by Gasteiger charge is 2.07. The second-order valence-electron chi connectivity index (χ2n) is 4.08. The maximum Gasteiger partial charge on any atom is 0.0426 e. The number of benzene rings is 1. The van der Waals surface area contributed by atoms with Crippen molar-refractivity contribution in [3.05, 3.63) is 28.8 Å². The molecule has 1 rings (SSSR count). The van der Waals surface area contributed by atoms with Crippen LogP contribution in [0.3, 0.4) is 0 Å². The number of hydrogen-bond acceptors (Lipinski definition) is 2. The van der Waals surface area contributed by atoms with E-state index in [1.807, 2.05) is 19.2 Å². The van der Waals surface area contributed by atoms with Gasteiger partial charge in [-0.05, 0) is 31.2 Å². The molecule has 90 valence electrons. The Morgan fingerprint density at radius 1 is 1.38 bits per heavy atom. The Bertz CT molecular complexity index is 326. The fourth-order valence-corrected chi connectivity index (χ4v) is 1.91. The van der Waals surface area contributed by atoms with Crippen molar-refractivity contribution >= 4 is 17.3 Å². The fourth-order valence-electron chi connectivity index (χ4n) is 1.75. The summed E-state index contributed by atoms with van der Waals surface area (Å²) < 4.78 is 0. The number of nitrogens with zero attached hydrogens (tertiary/aromatic N) is 1. The van der Waals surface area contributed by atoms with Crippen molar-refractivity contribution in [2.45, 2.75) is 26.3 Å². The summed E-state index contributed by atoms with van der Waals surface area (Å²) in [4.78, 5) is 2.28. The molecule has 1 aromatic carbocycles. The summed E-state index contributed by atoms with van der Waals surface area (Å²) in [6.45, 7) is 4.16. The lowest BCUT2D eigenvalue weighted by molar-refractivity contribution is 0.755. The van der Waals surface area contributed by atoms with Crippen molar-refractivity contribution < 1.29 is 0 Å². The Balaban J connectivity index is 2.85. The van der Waals surface area contributed by atoms with Crippen LogP contribution in [-0.2, 0) is 6.54 Å². The lowest BCUT2D eigenvalue weighted by Crippen LogP contribution is -2.21. The molecule has 0 aliphatic heterocycles. The molecule has 0 spiro atoms. The smallest absolute Gasteiger partial charge is 0.0426 e. The van der Waals surface area contributed by atoms with Crippen LogP contribution in [0.15, 0.2) is 18.2 Å². The highest BCUT2D eigenvalue weighted by atomic mass is 35.5. The third-order valence-corrected chi connectivity index (χ3v) is 2.91. The van der Waals surface area contributed by atoms with Crippen LogP contribution in [-0.4, -0.2) is 20.6 Å². The van der Waals surface area contributed by atoms with Crippen LogP contribution in [0.1, 0.15) is 25.3 Å². The van der Waals surface area contributed by atoms with Crippen LogP contribution in [0.2, 0.25) is 5.02 Å². The minimum Gasteiger partial charge on any atom is -0.374 e. The summed E-state index contributed by atoms with van der Waals surface area (Å²) >= 11 is 6.05. The highest BCUT2D eigenvalue weighted by molar-refractivity contribution is 6.30. The van der Waals surface area contributed by atoms with E-state index in [2.05, 4.69) is 30.3 Å². The van der Waals surface area contributed by atoms with Crippen LogP contribution in [0.4, 0.5) is 5.69 Å². The molecule has 1 aromatic rings. The van der Waals surface area contributed by atoms with Gasteiger partial charge >= 0.3 is 0 Å². The maximum atomic E-state index is 6.05. The van der Waals surface area contributed by atoms with Gasteiger partial charge in [-0.25, -0.2) is 0 Å². The van der Waals surface area contributed by atoms with E-state index < -0.39 is 0 Å². The zero-order chi connectivity index (χ0) is 12.0. The molecule has 0 bridgehead atoms. The summed E-state index contributed by atoms with van der Waals surface area (Å²) in [6.07, 6.45) is 2.42. The van der Waals surface area contributed by atoms with Crippen LogP contribution >= 0.6 is 11.6 Å². The summed E-state index contributed by atoms with van der Waals surface area (Å²) in [7, 11) is 4.09. The molecular formula is C13H21ClN2. The molecule has 0 aliphatic carbocycles. The first-order valence-electron chi connectivity index (χ1n) is 5.83.